The van der Waals surface area contributed by atoms with Crippen LogP contribution in [0.2, 0.25) is 0 Å². The van der Waals surface area contributed by atoms with Gasteiger partial charge in [0, 0.05) is 40.2 Å². The Morgan fingerprint density at radius 1 is 0.659 bits per heavy atom. The van der Waals surface area contributed by atoms with Gasteiger partial charge in [0.15, 0.2) is 5.82 Å². The van der Waals surface area contributed by atoms with E-state index in [4.69, 9.17) is 9.97 Å². The van der Waals surface area contributed by atoms with Gasteiger partial charge in [-0.1, -0.05) is 122 Å². The maximum absolute atomic E-state index is 5.09. The number of benzene rings is 5. The lowest BCUT2D eigenvalue weighted by Gasteiger charge is -2.21. The predicted octanol–water partition coefficient (Wildman–Crippen LogP) is 10.2. The van der Waals surface area contributed by atoms with Crippen molar-refractivity contribution in [3.63, 3.8) is 0 Å². The van der Waals surface area contributed by atoms with Crippen LogP contribution in [0.5, 0.6) is 0 Å². The molecule has 0 aliphatic heterocycles. The summed E-state index contributed by atoms with van der Waals surface area (Å²) in [5.41, 5.74) is 10.4. The number of nitrogens with zero attached hydrogens (tertiary/aromatic N) is 4. The molecule has 212 valence electrons. The Bertz CT molecular complexity index is 2100. The van der Waals surface area contributed by atoms with Gasteiger partial charge >= 0.3 is 0 Å². The number of hydrogen-bond acceptors (Lipinski definition) is 3. The Kier molecular flexibility index (Phi) is 7.09. The normalized spacial score (nSPS) is 11.4. The highest BCUT2D eigenvalue weighted by molar-refractivity contribution is 6.14. The first-order valence-corrected chi connectivity index (χ1v) is 14.8. The quantitative estimate of drug-likeness (QED) is 0.192. The molecular formula is C40H32N4. The van der Waals surface area contributed by atoms with Gasteiger partial charge in [-0.25, -0.2) is 9.97 Å². The van der Waals surface area contributed by atoms with E-state index in [1.54, 1.807) is 0 Å². The smallest absolute Gasteiger partial charge is 0.160 e. The molecule has 2 aromatic heterocycles. The molecule has 44 heavy (non-hydrogen) atoms. The summed E-state index contributed by atoms with van der Waals surface area (Å²) in [5.74, 6) is 0.704. The van der Waals surface area contributed by atoms with Crippen LogP contribution in [0.4, 0.5) is 5.69 Å². The fourth-order valence-corrected chi connectivity index (χ4v) is 6.03. The standard InChI is InChI=1S/C40H32N4/c1-4-25-43(3)38-28(5-2)23-24-34-33-21-12-13-22-37(33)44(39(34)38)32-20-14-19-31(26-32)36-27-35(29-15-8-6-9-16-29)41-40(42-36)30-17-10-7-11-18-30/h4-27H,2H2,1,3H3. The van der Waals surface area contributed by atoms with Gasteiger partial charge in [-0.05, 0) is 43.0 Å². The van der Waals surface area contributed by atoms with Crippen LogP contribution in [0.15, 0.2) is 146 Å². The van der Waals surface area contributed by atoms with Gasteiger partial charge in [0.2, 0.25) is 0 Å². The van der Waals surface area contributed by atoms with E-state index in [0.29, 0.717) is 5.82 Å². The van der Waals surface area contributed by atoms with E-state index in [2.05, 4.69) is 126 Å². The van der Waals surface area contributed by atoms with Crippen molar-refractivity contribution in [2.45, 2.75) is 6.92 Å². The third-order valence-corrected chi connectivity index (χ3v) is 8.01. The highest BCUT2D eigenvalue weighted by Crippen LogP contribution is 2.40. The minimum Gasteiger partial charge on any atom is -0.349 e. The summed E-state index contributed by atoms with van der Waals surface area (Å²) in [4.78, 5) is 12.3. The second-order valence-electron chi connectivity index (χ2n) is 10.8. The lowest BCUT2D eigenvalue weighted by molar-refractivity contribution is 1.14. The summed E-state index contributed by atoms with van der Waals surface area (Å²) in [5, 5.41) is 2.40. The Morgan fingerprint density at radius 2 is 1.32 bits per heavy atom. The molecule has 0 saturated heterocycles. The van der Waals surface area contributed by atoms with Crippen molar-refractivity contribution in [3.05, 3.63) is 152 Å². The molecule has 4 heteroatoms. The van der Waals surface area contributed by atoms with Crippen molar-refractivity contribution in [2.24, 2.45) is 0 Å². The van der Waals surface area contributed by atoms with Crippen molar-refractivity contribution in [1.29, 1.82) is 0 Å². The molecular weight excluding hydrogens is 536 g/mol. The molecule has 7 aromatic rings. The molecule has 0 bridgehead atoms. The van der Waals surface area contributed by atoms with Gasteiger partial charge < -0.3 is 9.47 Å². The molecule has 7 rings (SSSR count). The molecule has 0 amide bonds. The number of fused-ring (bicyclic) bond motifs is 3. The Balaban J connectivity index is 1.49. The average molecular weight is 569 g/mol. The molecule has 0 aliphatic carbocycles. The molecule has 0 saturated carbocycles. The molecule has 0 N–H and O–H groups in total. The average Bonchev–Trinajstić information content (AvgIpc) is 3.43. The third-order valence-electron chi connectivity index (χ3n) is 8.01. The van der Waals surface area contributed by atoms with Crippen LogP contribution < -0.4 is 4.90 Å². The maximum Gasteiger partial charge on any atom is 0.160 e. The zero-order valence-corrected chi connectivity index (χ0v) is 24.9. The molecule has 0 unspecified atom stereocenters. The molecule has 0 aliphatic rings. The van der Waals surface area contributed by atoms with Crippen molar-refractivity contribution < 1.29 is 0 Å². The van der Waals surface area contributed by atoms with E-state index in [0.717, 1.165) is 56.0 Å². The van der Waals surface area contributed by atoms with E-state index in [1.165, 1.54) is 10.8 Å². The molecule has 5 aromatic carbocycles. The highest BCUT2D eigenvalue weighted by atomic mass is 15.1. The third kappa shape index (κ3) is 4.77. The lowest BCUT2D eigenvalue weighted by atomic mass is 10.1. The SMILES string of the molecule is C=Cc1ccc2c3ccccc3n(-c3cccc(-c4cc(-c5ccccc5)nc(-c5ccccc5)n4)c3)c2c1N(C)C=CC. The molecule has 0 spiro atoms. The van der Waals surface area contributed by atoms with Gasteiger partial charge in [0.1, 0.15) is 0 Å². The Morgan fingerprint density at radius 3 is 2.05 bits per heavy atom. The topological polar surface area (TPSA) is 34.0 Å². The van der Waals surface area contributed by atoms with E-state index < -0.39 is 0 Å². The first-order valence-electron chi connectivity index (χ1n) is 14.8. The largest absolute Gasteiger partial charge is 0.349 e. The summed E-state index contributed by atoms with van der Waals surface area (Å²) in [6.07, 6.45) is 6.09. The summed E-state index contributed by atoms with van der Waals surface area (Å²) in [7, 11) is 2.09. The van der Waals surface area contributed by atoms with Crippen LogP contribution in [0.1, 0.15) is 12.5 Å². The minimum absolute atomic E-state index is 0.704. The second-order valence-corrected chi connectivity index (χ2v) is 10.8. The van der Waals surface area contributed by atoms with Crippen LogP contribution in [-0.2, 0) is 0 Å². The van der Waals surface area contributed by atoms with E-state index >= 15 is 0 Å². The van der Waals surface area contributed by atoms with Gasteiger partial charge in [-0.2, -0.15) is 0 Å². The zero-order valence-electron chi connectivity index (χ0n) is 24.9. The van der Waals surface area contributed by atoms with Crippen LogP contribution >= 0.6 is 0 Å². The number of aromatic nitrogens is 3. The van der Waals surface area contributed by atoms with Crippen LogP contribution in [-0.4, -0.2) is 21.6 Å². The highest BCUT2D eigenvalue weighted by Gasteiger charge is 2.20. The van der Waals surface area contributed by atoms with E-state index in [1.807, 2.05) is 49.4 Å². The van der Waals surface area contributed by atoms with Gasteiger partial charge in [0.25, 0.3) is 0 Å². The fraction of sp³-hybridized carbons (Fsp3) is 0.0500. The van der Waals surface area contributed by atoms with Gasteiger partial charge in [-0.3, -0.25) is 0 Å². The number of para-hydroxylation sites is 1. The molecule has 0 atom stereocenters. The minimum atomic E-state index is 0.704. The van der Waals surface area contributed by atoms with Crippen LogP contribution in [0.3, 0.4) is 0 Å². The summed E-state index contributed by atoms with van der Waals surface area (Å²) in [6, 6.07) is 44.2. The number of allylic oxidation sites excluding steroid dienone is 1. The first kappa shape index (κ1) is 27.1. The van der Waals surface area contributed by atoms with Crippen LogP contribution in [0.25, 0.3) is 67.5 Å². The molecule has 2 heterocycles. The molecule has 0 radical (unpaired) electrons. The van der Waals surface area contributed by atoms with E-state index in [-0.39, 0.29) is 0 Å². The molecule has 4 nitrogen and oxygen atoms in total. The van der Waals surface area contributed by atoms with Gasteiger partial charge in [-0.15, -0.1) is 0 Å². The van der Waals surface area contributed by atoms with Crippen LogP contribution in [0, 0.1) is 0 Å². The predicted molar refractivity (Wildman–Crippen MR) is 186 cm³/mol. The van der Waals surface area contributed by atoms with Crippen molar-refractivity contribution in [2.75, 3.05) is 11.9 Å². The Hall–Kier alpha value is -5.74. The Labute approximate surface area is 257 Å². The van der Waals surface area contributed by atoms with Crippen molar-refractivity contribution in [3.8, 4) is 39.6 Å². The fourth-order valence-electron chi connectivity index (χ4n) is 6.03. The number of anilines is 1. The molecule has 0 fully saturated rings. The van der Waals surface area contributed by atoms with Crippen molar-refractivity contribution >= 4 is 33.6 Å². The van der Waals surface area contributed by atoms with E-state index in [9.17, 15) is 0 Å². The van der Waals surface area contributed by atoms with Gasteiger partial charge in [0.05, 0.1) is 28.1 Å². The number of rotatable bonds is 7. The maximum atomic E-state index is 5.09. The lowest BCUT2D eigenvalue weighted by Crippen LogP contribution is -2.11. The summed E-state index contributed by atoms with van der Waals surface area (Å²) in [6.45, 7) is 6.18. The number of hydrogen-bond donors (Lipinski definition) is 0. The first-order chi connectivity index (χ1) is 21.7. The monoisotopic (exact) mass is 568 g/mol. The zero-order chi connectivity index (χ0) is 30.0. The summed E-state index contributed by atoms with van der Waals surface area (Å²) < 4.78 is 2.37. The second kappa shape index (κ2) is 11.5. The van der Waals surface area contributed by atoms with Crippen molar-refractivity contribution in [1.82, 2.24) is 14.5 Å². The summed E-state index contributed by atoms with van der Waals surface area (Å²) >= 11 is 0.